The van der Waals surface area contributed by atoms with Crippen LogP contribution in [0.5, 0.6) is 0 Å². The molecule has 0 unspecified atom stereocenters. The second kappa shape index (κ2) is 8.81. The molecule has 0 aliphatic rings. The van der Waals surface area contributed by atoms with Crippen molar-refractivity contribution in [1.82, 2.24) is 0 Å². The highest BCUT2D eigenvalue weighted by Crippen LogP contribution is 2.23. The molecule has 3 heteroatoms. The summed E-state index contributed by atoms with van der Waals surface area (Å²) in [6, 6.07) is 7.71. The monoisotopic (exact) mass is 290 g/mol. The van der Waals surface area contributed by atoms with E-state index in [1.807, 2.05) is 0 Å². The molecule has 3 N–H and O–H groups in total. The first kappa shape index (κ1) is 17.7. The lowest BCUT2D eigenvalue weighted by Gasteiger charge is -2.16. The minimum atomic E-state index is 0.623. The van der Waals surface area contributed by atoms with Crippen LogP contribution >= 0.6 is 0 Å². The van der Waals surface area contributed by atoms with Crippen molar-refractivity contribution in [3.05, 3.63) is 18.2 Å². The molecular weight excluding hydrogens is 258 g/mol. The van der Waals surface area contributed by atoms with Gasteiger partial charge in [0.25, 0.3) is 0 Å². The van der Waals surface area contributed by atoms with Gasteiger partial charge in [-0.2, -0.15) is 0 Å². The molecule has 0 atom stereocenters. The van der Waals surface area contributed by atoms with Crippen LogP contribution in [0.3, 0.4) is 0 Å². The average molecular weight is 290 g/mol. The van der Waals surface area contributed by atoms with E-state index in [0.717, 1.165) is 36.7 Å². The van der Waals surface area contributed by atoms with Crippen LogP contribution < -0.4 is 16.0 Å². The van der Waals surface area contributed by atoms with Gasteiger partial charge in [-0.05, 0) is 29.9 Å². The van der Waals surface area contributed by atoms with Crippen molar-refractivity contribution in [3.63, 3.8) is 0 Å². The normalized spacial score (nSPS) is 11.3. The van der Waals surface area contributed by atoms with E-state index in [0.29, 0.717) is 17.8 Å². The van der Waals surface area contributed by atoms with Crippen molar-refractivity contribution in [2.24, 2.45) is 17.8 Å². The van der Waals surface area contributed by atoms with E-state index >= 15 is 0 Å². The van der Waals surface area contributed by atoms with Gasteiger partial charge in [0, 0.05) is 42.8 Å². The van der Waals surface area contributed by atoms with Crippen molar-refractivity contribution in [2.45, 2.75) is 41.5 Å². The molecule has 0 aliphatic heterocycles. The number of hydrogen-bond acceptors (Lipinski definition) is 3. The van der Waals surface area contributed by atoms with Gasteiger partial charge in [-0.3, -0.25) is 0 Å². The van der Waals surface area contributed by atoms with E-state index in [1.165, 1.54) is 0 Å². The summed E-state index contributed by atoms with van der Waals surface area (Å²) in [6.45, 7) is 16.2. The molecule has 3 nitrogen and oxygen atoms in total. The molecule has 0 saturated carbocycles. The minimum Gasteiger partial charge on any atom is -0.385 e. The predicted octanol–water partition coefficient (Wildman–Crippen LogP) is 4.69. The molecule has 1 aromatic carbocycles. The predicted molar refractivity (Wildman–Crippen MR) is 95.3 cm³/mol. The fraction of sp³-hybridized carbons (Fsp3) is 0.667. The van der Waals surface area contributed by atoms with Crippen molar-refractivity contribution < 1.29 is 0 Å². The molecule has 0 saturated heterocycles. The zero-order valence-electron chi connectivity index (χ0n) is 14.5. The molecule has 1 aromatic rings. The van der Waals surface area contributed by atoms with Crippen molar-refractivity contribution in [2.75, 3.05) is 35.6 Å². The zero-order chi connectivity index (χ0) is 15.8. The standard InChI is InChI=1S/C18H32N3/c1-13(2)10-19-16-7-17(20-11-14(3)4)9-18(8-16)21-12-15(5)6/h7-8,13-15,19-21H,10-12H2,1-6H3. The number of anilines is 3. The second-order valence-corrected chi connectivity index (χ2v) is 7.02. The SMILES string of the molecule is CC(C)CNc1[c]c(NCC(C)C)cc(NCC(C)C)c1. The van der Waals surface area contributed by atoms with Gasteiger partial charge >= 0.3 is 0 Å². The summed E-state index contributed by atoms with van der Waals surface area (Å²) >= 11 is 0. The summed E-state index contributed by atoms with van der Waals surface area (Å²) in [5, 5.41) is 10.4. The summed E-state index contributed by atoms with van der Waals surface area (Å²) in [5.74, 6) is 1.88. The summed E-state index contributed by atoms with van der Waals surface area (Å²) in [5.41, 5.74) is 3.27. The highest BCUT2D eigenvalue weighted by Gasteiger charge is 2.04. The van der Waals surface area contributed by atoms with Crippen molar-refractivity contribution >= 4 is 17.1 Å². The Kier molecular flexibility index (Phi) is 7.41. The molecule has 0 amide bonds. The summed E-state index contributed by atoms with van der Waals surface area (Å²) < 4.78 is 0. The molecule has 0 spiro atoms. The maximum absolute atomic E-state index is 3.50. The number of rotatable bonds is 9. The molecule has 1 radical (unpaired) electrons. The summed E-state index contributed by atoms with van der Waals surface area (Å²) in [6.07, 6.45) is 0. The molecule has 0 aromatic heterocycles. The molecule has 0 fully saturated rings. The van der Waals surface area contributed by atoms with Crippen LogP contribution in [0.2, 0.25) is 0 Å². The van der Waals surface area contributed by atoms with Gasteiger partial charge in [-0.1, -0.05) is 41.5 Å². The molecular formula is C18H32N3. The topological polar surface area (TPSA) is 36.1 Å². The molecule has 0 bridgehead atoms. The quantitative estimate of drug-likeness (QED) is 0.617. The first-order valence-electron chi connectivity index (χ1n) is 8.15. The van der Waals surface area contributed by atoms with Gasteiger partial charge in [0.05, 0.1) is 0 Å². The summed E-state index contributed by atoms with van der Waals surface area (Å²) in [4.78, 5) is 0. The van der Waals surface area contributed by atoms with Crippen LogP contribution in [-0.4, -0.2) is 19.6 Å². The summed E-state index contributed by atoms with van der Waals surface area (Å²) in [7, 11) is 0. The Labute approximate surface area is 130 Å². The van der Waals surface area contributed by atoms with Crippen LogP contribution in [0.1, 0.15) is 41.5 Å². The molecule has 21 heavy (non-hydrogen) atoms. The Morgan fingerprint density at radius 3 is 1.48 bits per heavy atom. The first-order valence-corrected chi connectivity index (χ1v) is 8.15. The van der Waals surface area contributed by atoms with Crippen molar-refractivity contribution in [3.8, 4) is 0 Å². The van der Waals surface area contributed by atoms with Gasteiger partial charge in [0.15, 0.2) is 0 Å². The van der Waals surface area contributed by atoms with E-state index < -0.39 is 0 Å². The zero-order valence-corrected chi connectivity index (χ0v) is 14.5. The minimum absolute atomic E-state index is 0.623. The second-order valence-electron chi connectivity index (χ2n) is 7.02. The van der Waals surface area contributed by atoms with Crippen LogP contribution in [0.25, 0.3) is 0 Å². The third-order valence-electron chi connectivity index (χ3n) is 2.98. The van der Waals surface area contributed by atoms with Gasteiger partial charge in [0.2, 0.25) is 0 Å². The lowest BCUT2D eigenvalue weighted by molar-refractivity contribution is 0.685. The van der Waals surface area contributed by atoms with Gasteiger partial charge in [-0.25, -0.2) is 0 Å². The Bertz CT molecular complexity index is 337. The fourth-order valence-corrected chi connectivity index (χ4v) is 1.81. The lowest BCUT2D eigenvalue weighted by Crippen LogP contribution is -2.12. The van der Waals surface area contributed by atoms with Crippen molar-refractivity contribution in [1.29, 1.82) is 0 Å². The number of benzene rings is 1. The third kappa shape index (κ3) is 7.84. The van der Waals surface area contributed by atoms with Gasteiger partial charge < -0.3 is 16.0 Å². The smallest absolute Gasteiger partial charge is 0.0463 e. The lowest BCUT2D eigenvalue weighted by atomic mass is 10.1. The maximum atomic E-state index is 3.50. The highest BCUT2D eigenvalue weighted by molar-refractivity contribution is 5.66. The molecule has 119 valence electrons. The van der Waals surface area contributed by atoms with E-state index in [2.05, 4.69) is 75.7 Å². The molecule has 0 aliphatic carbocycles. The highest BCUT2D eigenvalue weighted by atomic mass is 14.9. The van der Waals surface area contributed by atoms with Gasteiger partial charge in [0.1, 0.15) is 0 Å². The van der Waals surface area contributed by atoms with E-state index in [9.17, 15) is 0 Å². The van der Waals surface area contributed by atoms with Crippen LogP contribution in [0, 0.1) is 23.8 Å². The third-order valence-corrected chi connectivity index (χ3v) is 2.98. The number of hydrogen-bond donors (Lipinski definition) is 3. The Hall–Kier alpha value is -1.38. The number of nitrogens with one attached hydrogen (secondary N) is 3. The van der Waals surface area contributed by atoms with E-state index in [-0.39, 0.29) is 0 Å². The molecule has 1 rings (SSSR count). The Morgan fingerprint density at radius 1 is 0.714 bits per heavy atom. The Balaban J connectivity index is 2.79. The van der Waals surface area contributed by atoms with Gasteiger partial charge in [-0.15, -0.1) is 0 Å². The maximum Gasteiger partial charge on any atom is 0.0463 e. The average Bonchev–Trinajstić information content (AvgIpc) is 2.40. The van der Waals surface area contributed by atoms with E-state index in [1.54, 1.807) is 0 Å². The van der Waals surface area contributed by atoms with Crippen LogP contribution in [0.4, 0.5) is 17.1 Å². The van der Waals surface area contributed by atoms with Crippen LogP contribution in [0.15, 0.2) is 12.1 Å². The fourth-order valence-electron chi connectivity index (χ4n) is 1.81. The Morgan fingerprint density at radius 2 is 1.10 bits per heavy atom. The molecule has 0 heterocycles. The first-order chi connectivity index (χ1) is 9.86. The largest absolute Gasteiger partial charge is 0.385 e. The van der Waals surface area contributed by atoms with Crippen LogP contribution in [-0.2, 0) is 0 Å². The van der Waals surface area contributed by atoms with E-state index in [4.69, 9.17) is 0 Å².